The number of nitrogens with one attached hydrogen (secondary N) is 1. The summed E-state index contributed by atoms with van der Waals surface area (Å²) in [7, 11) is 0. The average Bonchev–Trinajstić information content (AvgIpc) is 2.36. The lowest BCUT2D eigenvalue weighted by Gasteiger charge is -2.21. The zero-order valence-corrected chi connectivity index (χ0v) is 10.6. The Morgan fingerprint density at radius 3 is 2.94 bits per heavy atom. The molecule has 1 heterocycles. The van der Waals surface area contributed by atoms with Crippen molar-refractivity contribution in [3.63, 3.8) is 0 Å². The van der Waals surface area contributed by atoms with Crippen molar-refractivity contribution in [1.29, 1.82) is 0 Å². The van der Waals surface area contributed by atoms with Gasteiger partial charge in [0.2, 0.25) is 0 Å². The zero-order valence-electron chi connectivity index (χ0n) is 9.82. The van der Waals surface area contributed by atoms with Gasteiger partial charge >= 0.3 is 0 Å². The third kappa shape index (κ3) is 4.56. The Morgan fingerprint density at radius 1 is 1.35 bits per heavy atom. The minimum absolute atomic E-state index is 0.188. The summed E-state index contributed by atoms with van der Waals surface area (Å²) in [6.45, 7) is 2.68. The van der Waals surface area contributed by atoms with Crippen molar-refractivity contribution in [2.24, 2.45) is 0 Å². The quantitative estimate of drug-likeness (QED) is 0.817. The summed E-state index contributed by atoms with van der Waals surface area (Å²) < 4.78 is 18.2. The summed E-state index contributed by atoms with van der Waals surface area (Å²) in [6.07, 6.45) is 2.31. The number of benzene rings is 1. The van der Waals surface area contributed by atoms with E-state index in [1.54, 1.807) is 6.07 Å². The molecule has 1 aliphatic heterocycles. The van der Waals surface area contributed by atoms with E-state index in [-0.39, 0.29) is 5.82 Å². The first-order valence-corrected chi connectivity index (χ1v) is 7.08. The maximum Gasteiger partial charge on any atom is 0.125 e. The predicted molar refractivity (Wildman–Crippen MR) is 71.2 cm³/mol. The van der Waals surface area contributed by atoms with Crippen molar-refractivity contribution >= 4 is 17.4 Å². The van der Waals surface area contributed by atoms with Gasteiger partial charge in [0.1, 0.15) is 5.82 Å². The largest absolute Gasteiger partial charge is 0.384 e. The van der Waals surface area contributed by atoms with E-state index in [1.165, 1.54) is 12.1 Å². The summed E-state index contributed by atoms with van der Waals surface area (Å²) in [4.78, 5) is 0. The lowest BCUT2D eigenvalue weighted by molar-refractivity contribution is 0.100. The molecule has 0 spiro atoms. The predicted octanol–water partition coefficient (Wildman–Crippen LogP) is 3.15. The molecule has 4 heteroatoms. The van der Waals surface area contributed by atoms with Crippen LogP contribution in [0, 0.1) is 5.82 Å². The van der Waals surface area contributed by atoms with Gasteiger partial charge in [0.25, 0.3) is 0 Å². The van der Waals surface area contributed by atoms with Gasteiger partial charge < -0.3 is 10.1 Å². The molecule has 1 fully saturated rings. The first-order chi connectivity index (χ1) is 8.34. The molecule has 0 bridgehead atoms. The third-order valence-corrected chi connectivity index (χ3v) is 4.16. The number of hydrogen-bond donors (Lipinski definition) is 1. The molecule has 1 saturated heterocycles. The second kappa shape index (κ2) is 6.87. The molecular weight excluding hydrogens is 237 g/mol. The van der Waals surface area contributed by atoms with Crippen molar-refractivity contribution in [1.82, 2.24) is 0 Å². The van der Waals surface area contributed by atoms with Crippen LogP contribution >= 0.6 is 11.8 Å². The Labute approximate surface area is 106 Å². The normalized spacial score (nSPS) is 17.0. The molecule has 2 nitrogen and oxygen atoms in total. The van der Waals surface area contributed by atoms with E-state index < -0.39 is 0 Å². The van der Waals surface area contributed by atoms with Gasteiger partial charge in [-0.1, -0.05) is 6.07 Å². The smallest absolute Gasteiger partial charge is 0.125 e. The fourth-order valence-corrected chi connectivity index (χ4v) is 2.94. The van der Waals surface area contributed by atoms with Gasteiger partial charge in [0.05, 0.1) is 0 Å². The van der Waals surface area contributed by atoms with Gasteiger partial charge in [0.15, 0.2) is 0 Å². The molecule has 1 N–H and O–H groups in total. The van der Waals surface area contributed by atoms with Gasteiger partial charge in [-0.2, -0.15) is 11.8 Å². The molecule has 0 aromatic heterocycles. The van der Waals surface area contributed by atoms with E-state index in [1.807, 2.05) is 17.8 Å². The summed E-state index contributed by atoms with van der Waals surface area (Å²) in [5.41, 5.74) is 0.859. The number of thioether (sulfide) groups is 1. The number of ether oxygens (including phenoxy) is 1. The lowest BCUT2D eigenvalue weighted by atomic mass is 10.2. The first kappa shape index (κ1) is 12.7. The Bertz CT molecular complexity index is 342. The number of anilines is 1. The molecule has 2 rings (SSSR count). The van der Waals surface area contributed by atoms with E-state index in [4.69, 9.17) is 4.74 Å². The third-order valence-electron chi connectivity index (χ3n) is 2.78. The molecule has 0 aliphatic carbocycles. The van der Waals surface area contributed by atoms with Crippen LogP contribution < -0.4 is 5.32 Å². The summed E-state index contributed by atoms with van der Waals surface area (Å²) >= 11 is 1.98. The molecule has 0 unspecified atom stereocenters. The summed E-state index contributed by atoms with van der Waals surface area (Å²) in [5, 5.41) is 3.97. The van der Waals surface area contributed by atoms with Gasteiger partial charge in [0, 0.05) is 36.4 Å². The first-order valence-electron chi connectivity index (χ1n) is 6.03. The number of halogens is 1. The molecular formula is C13H18FNOS. The van der Waals surface area contributed by atoms with Crippen LogP contribution in [0.5, 0.6) is 0 Å². The minimum Gasteiger partial charge on any atom is -0.384 e. The van der Waals surface area contributed by atoms with Crippen LogP contribution in [0.4, 0.5) is 10.1 Å². The van der Waals surface area contributed by atoms with Crippen molar-refractivity contribution in [3.05, 3.63) is 30.1 Å². The highest BCUT2D eigenvalue weighted by Crippen LogP contribution is 2.21. The molecule has 17 heavy (non-hydrogen) atoms. The van der Waals surface area contributed by atoms with E-state index in [9.17, 15) is 4.39 Å². The minimum atomic E-state index is -0.188. The van der Waals surface area contributed by atoms with Gasteiger partial charge in [-0.3, -0.25) is 0 Å². The van der Waals surface area contributed by atoms with Crippen LogP contribution in [0.15, 0.2) is 24.3 Å². The summed E-state index contributed by atoms with van der Waals surface area (Å²) in [5.74, 6) is 0.869. The van der Waals surface area contributed by atoms with Crippen molar-refractivity contribution in [2.75, 3.05) is 30.8 Å². The van der Waals surface area contributed by atoms with E-state index in [0.717, 1.165) is 49.3 Å². The van der Waals surface area contributed by atoms with Gasteiger partial charge in [-0.15, -0.1) is 0 Å². The highest BCUT2D eigenvalue weighted by Gasteiger charge is 2.13. The topological polar surface area (TPSA) is 21.3 Å². The monoisotopic (exact) mass is 255 g/mol. The molecule has 0 saturated carbocycles. The summed E-state index contributed by atoms with van der Waals surface area (Å²) in [6, 6.07) is 6.60. The Kier molecular flexibility index (Phi) is 5.13. The van der Waals surface area contributed by atoms with Crippen LogP contribution in [0.2, 0.25) is 0 Å². The van der Waals surface area contributed by atoms with Crippen molar-refractivity contribution < 1.29 is 9.13 Å². The van der Waals surface area contributed by atoms with Crippen molar-refractivity contribution in [2.45, 2.75) is 18.1 Å². The van der Waals surface area contributed by atoms with Crippen molar-refractivity contribution in [3.8, 4) is 0 Å². The lowest BCUT2D eigenvalue weighted by Crippen LogP contribution is -2.19. The number of hydrogen-bond acceptors (Lipinski definition) is 3. The van der Waals surface area contributed by atoms with Gasteiger partial charge in [-0.25, -0.2) is 4.39 Å². The van der Waals surface area contributed by atoms with Gasteiger partial charge in [-0.05, 0) is 31.0 Å². The molecule has 1 aromatic carbocycles. The highest BCUT2D eigenvalue weighted by molar-refractivity contribution is 7.99. The molecule has 1 aromatic rings. The van der Waals surface area contributed by atoms with Crippen LogP contribution in [0.1, 0.15) is 12.8 Å². The molecule has 1 aliphatic rings. The van der Waals surface area contributed by atoms with Crippen LogP contribution in [0.3, 0.4) is 0 Å². The molecule has 0 radical (unpaired) electrons. The molecule has 0 atom stereocenters. The fraction of sp³-hybridized carbons (Fsp3) is 0.538. The van der Waals surface area contributed by atoms with E-state index in [0.29, 0.717) is 0 Å². The fourth-order valence-electron chi connectivity index (χ4n) is 1.86. The Hall–Kier alpha value is -0.740. The second-order valence-electron chi connectivity index (χ2n) is 4.12. The maximum absolute atomic E-state index is 12.9. The van der Waals surface area contributed by atoms with Crippen LogP contribution in [-0.4, -0.2) is 30.8 Å². The average molecular weight is 255 g/mol. The second-order valence-corrected chi connectivity index (χ2v) is 5.53. The Morgan fingerprint density at radius 2 is 2.18 bits per heavy atom. The molecule has 0 amide bonds. The molecule has 94 valence electrons. The standard InChI is InChI=1S/C13H18FNOS/c14-11-2-1-3-12(10-11)15-6-9-17-13-4-7-16-8-5-13/h1-3,10,13,15H,4-9H2. The zero-order chi connectivity index (χ0) is 11.9. The van der Waals surface area contributed by atoms with E-state index >= 15 is 0 Å². The maximum atomic E-state index is 12.9. The highest BCUT2D eigenvalue weighted by atomic mass is 32.2. The van der Waals surface area contributed by atoms with Crippen LogP contribution in [0.25, 0.3) is 0 Å². The SMILES string of the molecule is Fc1cccc(NCCSC2CCOCC2)c1. The van der Waals surface area contributed by atoms with Crippen LogP contribution in [-0.2, 0) is 4.74 Å². The van der Waals surface area contributed by atoms with E-state index in [2.05, 4.69) is 5.32 Å². The number of rotatable bonds is 5. The Balaban J connectivity index is 1.62.